The molecule has 1 rings (SSSR count). The van der Waals surface area contributed by atoms with Crippen LogP contribution in [0.15, 0.2) is 16.6 Å². The van der Waals surface area contributed by atoms with Crippen LogP contribution in [0, 0.1) is 5.82 Å². The molecule has 0 heterocycles. The lowest BCUT2D eigenvalue weighted by Gasteiger charge is -2.08. The molecule has 1 aromatic rings. The van der Waals surface area contributed by atoms with Crippen LogP contribution in [0.5, 0.6) is 11.5 Å². The van der Waals surface area contributed by atoms with Gasteiger partial charge >= 0.3 is 0 Å². The second-order valence-corrected chi connectivity index (χ2v) is 2.95. The highest BCUT2D eigenvalue weighted by Gasteiger charge is 2.12. The summed E-state index contributed by atoms with van der Waals surface area (Å²) in [5, 5.41) is 0. The van der Waals surface area contributed by atoms with E-state index in [4.69, 9.17) is 9.47 Å². The minimum atomic E-state index is -0.447. The maximum Gasteiger partial charge on any atom is 0.197 e. The number of rotatable bonds is 2. The summed E-state index contributed by atoms with van der Waals surface area (Å²) in [4.78, 5) is 0. The van der Waals surface area contributed by atoms with Crippen LogP contribution < -0.4 is 9.47 Å². The van der Waals surface area contributed by atoms with E-state index in [1.807, 2.05) is 0 Å². The lowest BCUT2D eigenvalue weighted by atomic mass is 10.3. The molecule has 0 aliphatic rings. The van der Waals surface area contributed by atoms with Crippen LogP contribution in [-0.2, 0) is 0 Å². The van der Waals surface area contributed by atoms with E-state index in [-0.39, 0.29) is 5.75 Å². The summed E-state index contributed by atoms with van der Waals surface area (Å²) in [5.41, 5.74) is 0. The molecule has 0 aliphatic carbocycles. The molecule has 0 N–H and O–H groups in total. The Labute approximate surface area is 78.4 Å². The number of hydrogen-bond donors (Lipinski definition) is 0. The first-order chi connectivity index (χ1) is 5.70. The zero-order valence-corrected chi connectivity index (χ0v) is 8.31. The minimum Gasteiger partial charge on any atom is -0.493 e. The zero-order chi connectivity index (χ0) is 9.14. The van der Waals surface area contributed by atoms with Gasteiger partial charge in [0.05, 0.1) is 18.7 Å². The average molecular weight is 235 g/mol. The topological polar surface area (TPSA) is 18.5 Å². The van der Waals surface area contributed by atoms with E-state index in [2.05, 4.69) is 15.9 Å². The van der Waals surface area contributed by atoms with E-state index < -0.39 is 5.82 Å². The molecule has 0 radical (unpaired) electrons. The standard InChI is InChI=1S/C8H8BrFO2/c1-11-6-4-3-5(9)7(10)8(6)12-2/h3-4H,1-2H3. The number of hydrogen-bond acceptors (Lipinski definition) is 2. The van der Waals surface area contributed by atoms with E-state index in [1.54, 1.807) is 12.1 Å². The number of ether oxygens (including phenoxy) is 2. The molecule has 0 unspecified atom stereocenters. The van der Waals surface area contributed by atoms with Crippen molar-refractivity contribution in [2.75, 3.05) is 14.2 Å². The Kier molecular flexibility index (Phi) is 2.92. The largest absolute Gasteiger partial charge is 0.493 e. The first-order valence-electron chi connectivity index (χ1n) is 3.26. The Bertz CT molecular complexity index is 289. The third kappa shape index (κ3) is 1.53. The molecule has 0 atom stereocenters. The van der Waals surface area contributed by atoms with Gasteiger partial charge in [0.1, 0.15) is 0 Å². The van der Waals surface area contributed by atoms with Gasteiger partial charge in [0.2, 0.25) is 0 Å². The Balaban J connectivity index is 3.25. The van der Waals surface area contributed by atoms with Crippen molar-refractivity contribution in [3.63, 3.8) is 0 Å². The van der Waals surface area contributed by atoms with Crippen LogP contribution >= 0.6 is 15.9 Å². The normalized spacial score (nSPS) is 9.67. The third-order valence-corrected chi connectivity index (χ3v) is 2.05. The van der Waals surface area contributed by atoms with Gasteiger partial charge in [-0.1, -0.05) is 0 Å². The molecule has 0 saturated carbocycles. The summed E-state index contributed by atoms with van der Waals surface area (Å²) < 4.78 is 23.3. The Morgan fingerprint density at radius 3 is 2.42 bits per heavy atom. The van der Waals surface area contributed by atoms with Gasteiger partial charge in [0.15, 0.2) is 17.3 Å². The molecule has 12 heavy (non-hydrogen) atoms. The summed E-state index contributed by atoms with van der Waals surface area (Å²) in [6, 6.07) is 3.20. The second-order valence-electron chi connectivity index (χ2n) is 2.10. The van der Waals surface area contributed by atoms with Gasteiger partial charge in [-0.2, -0.15) is 0 Å². The van der Waals surface area contributed by atoms with Crippen molar-refractivity contribution < 1.29 is 13.9 Å². The number of halogens is 2. The van der Waals surface area contributed by atoms with Gasteiger partial charge < -0.3 is 9.47 Å². The quantitative estimate of drug-likeness (QED) is 0.784. The van der Waals surface area contributed by atoms with Crippen LogP contribution in [-0.4, -0.2) is 14.2 Å². The first-order valence-corrected chi connectivity index (χ1v) is 4.06. The molecule has 0 aliphatic heterocycles. The Morgan fingerprint density at radius 1 is 1.25 bits per heavy atom. The van der Waals surface area contributed by atoms with Gasteiger partial charge in [-0.05, 0) is 28.1 Å². The maximum absolute atomic E-state index is 13.2. The Hall–Kier alpha value is -0.770. The van der Waals surface area contributed by atoms with Crippen LogP contribution in [0.3, 0.4) is 0 Å². The molecule has 0 bridgehead atoms. The van der Waals surface area contributed by atoms with Crippen molar-refractivity contribution in [3.8, 4) is 11.5 Å². The Morgan fingerprint density at radius 2 is 1.92 bits per heavy atom. The molecule has 2 nitrogen and oxygen atoms in total. The fourth-order valence-corrected chi connectivity index (χ4v) is 1.18. The van der Waals surface area contributed by atoms with Gasteiger partial charge in [-0.3, -0.25) is 0 Å². The maximum atomic E-state index is 13.2. The average Bonchev–Trinajstić information content (AvgIpc) is 2.09. The van der Waals surface area contributed by atoms with E-state index in [0.29, 0.717) is 10.2 Å². The number of benzene rings is 1. The van der Waals surface area contributed by atoms with Crippen molar-refractivity contribution in [1.82, 2.24) is 0 Å². The van der Waals surface area contributed by atoms with Crippen LogP contribution in [0.4, 0.5) is 4.39 Å². The molecule has 66 valence electrons. The van der Waals surface area contributed by atoms with E-state index >= 15 is 0 Å². The van der Waals surface area contributed by atoms with Gasteiger partial charge in [-0.15, -0.1) is 0 Å². The molecular weight excluding hydrogens is 227 g/mol. The molecule has 0 aromatic heterocycles. The van der Waals surface area contributed by atoms with Crippen LogP contribution in [0.2, 0.25) is 0 Å². The van der Waals surface area contributed by atoms with Crippen molar-refractivity contribution in [2.24, 2.45) is 0 Å². The lowest BCUT2D eigenvalue weighted by Crippen LogP contribution is -1.93. The monoisotopic (exact) mass is 234 g/mol. The zero-order valence-electron chi connectivity index (χ0n) is 6.73. The fourth-order valence-electron chi connectivity index (χ4n) is 0.865. The fraction of sp³-hybridized carbons (Fsp3) is 0.250. The SMILES string of the molecule is COc1ccc(Br)c(F)c1OC. The minimum absolute atomic E-state index is 0.117. The third-order valence-electron chi connectivity index (χ3n) is 1.44. The highest BCUT2D eigenvalue weighted by molar-refractivity contribution is 9.10. The molecular formula is C8H8BrFO2. The van der Waals surface area contributed by atoms with Crippen LogP contribution in [0.1, 0.15) is 0 Å². The van der Waals surface area contributed by atoms with Crippen molar-refractivity contribution >= 4 is 15.9 Å². The summed E-state index contributed by atoms with van der Waals surface area (Å²) in [6.45, 7) is 0. The van der Waals surface area contributed by atoms with Gasteiger partial charge in [0.25, 0.3) is 0 Å². The number of methoxy groups -OCH3 is 2. The molecule has 0 saturated heterocycles. The van der Waals surface area contributed by atoms with Gasteiger partial charge in [-0.25, -0.2) is 4.39 Å². The summed E-state index contributed by atoms with van der Waals surface area (Å²) in [5.74, 6) is 0.0573. The lowest BCUT2D eigenvalue weighted by molar-refractivity contribution is 0.336. The second kappa shape index (κ2) is 3.76. The van der Waals surface area contributed by atoms with Crippen molar-refractivity contribution in [3.05, 3.63) is 22.4 Å². The predicted octanol–water partition coefficient (Wildman–Crippen LogP) is 2.61. The molecule has 0 fully saturated rings. The molecule has 0 amide bonds. The van der Waals surface area contributed by atoms with E-state index in [1.165, 1.54) is 14.2 Å². The van der Waals surface area contributed by atoms with Crippen molar-refractivity contribution in [1.29, 1.82) is 0 Å². The predicted molar refractivity (Wildman–Crippen MR) is 47.2 cm³/mol. The summed E-state index contributed by atoms with van der Waals surface area (Å²) in [7, 11) is 2.86. The highest BCUT2D eigenvalue weighted by atomic mass is 79.9. The summed E-state index contributed by atoms with van der Waals surface area (Å²) >= 11 is 3.04. The first kappa shape index (κ1) is 9.32. The molecule has 0 spiro atoms. The molecule has 4 heteroatoms. The van der Waals surface area contributed by atoms with Crippen molar-refractivity contribution in [2.45, 2.75) is 0 Å². The van der Waals surface area contributed by atoms with E-state index in [0.717, 1.165) is 0 Å². The van der Waals surface area contributed by atoms with Crippen LogP contribution in [0.25, 0.3) is 0 Å². The smallest absolute Gasteiger partial charge is 0.197 e. The highest BCUT2D eigenvalue weighted by Crippen LogP contribution is 2.33. The molecule has 1 aromatic carbocycles. The van der Waals surface area contributed by atoms with E-state index in [9.17, 15) is 4.39 Å². The summed E-state index contributed by atoms with van der Waals surface area (Å²) in [6.07, 6.45) is 0. The van der Waals surface area contributed by atoms with Gasteiger partial charge in [0, 0.05) is 0 Å².